The number of likely N-dealkylation sites (tertiary alicyclic amines) is 1. The second-order valence-corrected chi connectivity index (χ2v) is 12.5. The van der Waals surface area contributed by atoms with Crippen LogP contribution < -0.4 is 5.73 Å². The van der Waals surface area contributed by atoms with Crippen LogP contribution in [0.1, 0.15) is 56.8 Å². The van der Waals surface area contributed by atoms with E-state index in [0.29, 0.717) is 31.0 Å². The van der Waals surface area contributed by atoms with Crippen LogP contribution in [0.2, 0.25) is 0 Å². The minimum atomic E-state index is -0.551. The van der Waals surface area contributed by atoms with E-state index in [1.165, 1.54) is 12.8 Å². The number of carbonyl (C=O) groups is 2. The molecule has 0 radical (unpaired) electrons. The number of carbonyl (C=O) groups excluding carboxylic acids is 2. The van der Waals surface area contributed by atoms with Crippen LogP contribution in [0.25, 0.3) is 33.6 Å². The Morgan fingerprint density at radius 2 is 1.93 bits per heavy atom. The van der Waals surface area contributed by atoms with Crippen LogP contribution in [-0.4, -0.2) is 60.6 Å². The molecule has 1 aliphatic carbocycles. The van der Waals surface area contributed by atoms with Crippen LogP contribution >= 0.6 is 0 Å². The maximum Gasteiger partial charge on any atom is 0.306 e. The second kappa shape index (κ2) is 10.0. The lowest BCUT2D eigenvalue weighted by atomic mass is 9.89. The quantitative estimate of drug-likeness (QED) is 0.359. The van der Waals surface area contributed by atoms with Crippen molar-refractivity contribution in [2.45, 2.75) is 64.6 Å². The van der Waals surface area contributed by atoms with Gasteiger partial charge in [-0.1, -0.05) is 0 Å². The van der Waals surface area contributed by atoms with Gasteiger partial charge in [0.15, 0.2) is 5.82 Å². The second-order valence-electron chi connectivity index (χ2n) is 12.5. The highest BCUT2D eigenvalue weighted by Gasteiger charge is 2.33. The molecule has 6 rings (SSSR count). The number of benzene rings is 1. The molecule has 0 unspecified atom stereocenters. The summed E-state index contributed by atoms with van der Waals surface area (Å²) in [6.07, 6.45) is 5.19. The maximum atomic E-state index is 13.6. The average Bonchev–Trinajstić information content (AvgIpc) is 3.57. The van der Waals surface area contributed by atoms with E-state index in [0.717, 1.165) is 40.1 Å². The number of rotatable bonds is 6. The highest BCUT2D eigenvalue weighted by Crippen LogP contribution is 2.36. The molecule has 9 nitrogen and oxygen atoms in total. The van der Waals surface area contributed by atoms with E-state index in [9.17, 15) is 9.59 Å². The van der Waals surface area contributed by atoms with Crippen molar-refractivity contribution in [1.29, 1.82) is 0 Å². The molecule has 4 aromatic rings. The predicted octanol–water partition coefficient (Wildman–Crippen LogP) is 4.52. The molecule has 2 atom stereocenters. The molecule has 2 fully saturated rings. The van der Waals surface area contributed by atoms with Gasteiger partial charge in [-0.3, -0.25) is 9.59 Å². The number of hydrogen-bond donors (Lipinski definition) is 1. The molecular weight excluding hydrogens is 504 g/mol. The molecule has 0 bridgehead atoms. The molecule has 2 N–H and O–H groups in total. The standard InChI is InChI=1S/C31H38N6O3/c1-31(2,3)40-27(38)16-22-18-36(13-11-23(22)32)30(39)21-9-10-25-24(14-21)34-29(35(25)4)26-15-20-6-5-12-33-28(20)37(26)17-19-7-8-19/h5-6,9-10,12,14-15,19,22-23H,7-8,11,13,16-18,32H2,1-4H3/t22-,23+/m0/s1. The van der Waals surface area contributed by atoms with Gasteiger partial charge in [-0.2, -0.15) is 0 Å². The van der Waals surface area contributed by atoms with Gasteiger partial charge in [0.1, 0.15) is 11.2 Å². The maximum absolute atomic E-state index is 13.6. The van der Waals surface area contributed by atoms with Crippen LogP contribution in [0.15, 0.2) is 42.6 Å². The number of nitrogens with zero attached hydrogens (tertiary/aromatic N) is 5. The van der Waals surface area contributed by atoms with Crippen LogP contribution in [0.3, 0.4) is 0 Å². The fourth-order valence-corrected chi connectivity index (χ4v) is 5.81. The first-order valence-corrected chi connectivity index (χ1v) is 14.2. The number of hydrogen-bond acceptors (Lipinski definition) is 6. The lowest BCUT2D eigenvalue weighted by Crippen LogP contribution is -2.50. The fourth-order valence-electron chi connectivity index (χ4n) is 5.81. The zero-order valence-corrected chi connectivity index (χ0v) is 23.8. The third-order valence-corrected chi connectivity index (χ3v) is 8.08. The first kappa shape index (κ1) is 26.5. The summed E-state index contributed by atoms with van der Waals surface area (Å²) >= 11 is 0. The predicted molar refractivity (Wildman–Crippen MR) is 155 cm³/mol. The van der Waals surface area contributed by atoms with Gasteiger partial charge < -0.3 is 24.5 Å². The number of aromatic nitrogens is 4. The number of imidazole rings is 1. The summed E-state index contributed by atoms with van der Waals surface area (Å²) in [5, 5.41) is 1.10. The van der Waals surface area contributed by atoms with E-state index in [2.05, 4.69) is 26.3 Å². The van der Waals surface area contributed by atoms with E-state index < -0.39 is 5.60 Å². The van der Waals surface area contributed by atoms with E-state index in [1.54, 1.807) is 0 Å². The van der Waals surface area contributed by atoms with Crippen molar-refractivity contribution >= 4 is 33.9 Å². The summed E-state index contributed by atoms with van der Waals surface area (Å²) < 4.78 is 9.89. The summed E-state index contributed by atoms with van der Waals surface area (Å²) in [5.74, 6) is 1.06. The SMILES string of the molecule is Cn1c(-c2cc3cccnc3n2CC2CC2)nc2cc(C(=O)N3CC[C@@H](N)[C@@H](CC(=O)OC(C)(C)C)C3)ccc21. The number of ether oxygens (including phenoxy) is 1. The molecule has 0 spiro atoms. The highest BCUT2D eigenvalue weighted by molar-refractivity contribution is 5.98. The van der Waals surface area contributed by atoms with Gasteiger partial charge in [0.25, 0.3) is 5.91 Å². The number of fused-ring (bicyclic) bond motifs is 2. The van der Waals surface area contributed by atoms with Gasteiger partial charge in [-0.25, -0.2) is 9.97 Å². The van der Waals surface area contributed by atoms with Crippen LogP contribution in [0.5, 0.6) is 0 Å². The van der Waals surface area contributed by atoms with Crippen molar-refractivity contribution in [3.8, 4) is 11.5 Å². The van der Waals surface area contributed by atoms with Gasteiger partial charge in [0.2, 0.25) is 0 Å². The third-order valence-electron chi connectivity index (χ3n) is 8.08. The summed E-state index contributed by atoms with van der Waals surface area (Å²) in [5.41, 5.74) is 10.2. The first-order chi connectivity index (χ1) is 19.1. The normalized spacial score (nSPS) is 19.9. The van der Waals surface area contributed by atoms with Crippen molar-refractivity contribution in [3.63, 3.8) is 0 Å². The Labute approximate surface area is 234 Å². The molecule has 1 saturated heterocycles. The van der Waals surface area contributed by atoms with E-state index in [4.69, 9.17) is 15.5 Å². The van der Waals surface area contributed by atoms with Crippen LogP contribution in [-0.2, 0) is 23.1 Å². The Bertz CT molecular complexity index is 1590. The van der Waals surface area contributed by atoms with E-state index >= 15 is 0 Å². The van der Waals surface area contributed by atoms with Gasteiger partial charge >= 0.3 is 5.97 Å². The molecule has 1 amide bonds. The van der Waals surface area contributed by atoms with Crippen molar-refractivity contribution in [1.82, 2.24) is 24.0 Å². The molecule has 1 aliphatic heterocycles. The Balaban J connectivity index is 1.26. The van der Waals surface area contributed by atoms with E-state index in [1.807, 2.05) is 63.2 Å². The van der Waals surface area contributed by atoms with Gasteiger partial charge in [0.05, 0.1) is 23.1 Å². The Hall–Kier alpha value is -3.72. The van der Waals surface area contributed by atoms with Crippen LogP contribution in [0, 0.1) is 11.8 Å². The number of esters is 1. The fraction of sp³-hybridized carbons (Fsp3) is 0.484. The molecule has 40 heavy (non-hydrogen) atoms. The lowest BCUT2D eigenvalue weighted by Gasteiger charge is -2.37. The molecule has 1 aromatic carbocycles. The Kier molecular flexibility index (Phi) is 6.65. The van der Waals surface area contributed by atoms with Crippen LogP contribution in [0.4, 0.5) is 0 Å². The molecule has 2 aliphatic rings. The average molecular weight is 543 g/mol. The van der Waals surface area contributed by atoms with Gasteiger partial charge in [-0.15, -0.1) is 0 Å². The molecule has 3 aromatic heterocycles. The molecular formula is C31H38N6O3. The zero-order chi connectivity index (χ0) is 28.2. The molecule has 210 valence electrons. The van der Waals surface area contributed by atoms with Crippen molar-refractivity contribution in [3.05, 3.63) is 48.2 Å². The number of aryl methyl sites for hydroxylation is 1. The number of amides is 1. The molecule has 4 heterocycles. The number of nitrogens with two attached hydrogens (primary N) is 1. The largest absolute Gasteiger partial charge is 0.460 e. The van der Waals surface area contributed by atoms with E-state index in [-0.39, 0.29) is 30.3 Å². The topological polar surface area (TPSA) is 108 Å². The molecule has 1 saturated carbocycles. The summed E-state index contributed by atoms with van der Waals surface area (Å²) in [6.45, 7) is 7.48. The van der Waals surface area contributed by atoms with Crippen molar-refractivity contribution in [2.75, 3.05) is 13.1 Å². The third kappa shape index (κ3) is 5.22. The minimum absolute atomic E-state index is 0.0674. The minimum Gasteiger partial charge on any atom is -0.460 e. The summed E-state index contributed by atoms with van der Waals surface area (Å²) in [6, 6.07) is 11.8. The summed E-state index contributed by atoms with van der Waals surface area (Å²) in [4.78, 5) is 37.5. The van der Waals surface area contributed by atoms with Gasteiger partial charge in [-0.05, 0) is 82.3 Å². The Morgan fingerprint density at radius 1 is 1.12 bits per heavy atom. The number of piperidine rings is 1. The Morgan fingerprint density at radius 3 is 2.67 bits per heavy atom. The molecule has 9 heteroatoms. The van der Waals surface area contributed by atoms with Crippen molar-refractivity contribution < 1.29 is 14.3 Å². The highest BCUT2D eigenvalue weighted by atomic mass is 16.6. The monoisotopic (exact) mass is 542 g/mol. The lowest BCUT2D eigenvalue weighted by molar-refractivity contribution is -0.156. The summed E-state index contributed by atoms with van der Waals surface area (Å²) in [7, 11) is 2.02. The smallest absolute Gasteiger partial charge is 0.306 e. The van der Waals surface area contributed by atoms with Gasteiger partial charge in [0, 0.05) is 55.8 Å². The van der Waals surface area contributed by atoms with Crippen molar-refractivity contribution in [2.24, 2.45) is 24.6 Å². The first-order valence-electron chi connectivity index (χ1n) is 14.2. The zero-order valence-electron chi connectivity index (χ0n) is 23.8. The number of pyridine rings is 1.